The fraction of sp³-hybridized carbons (Fsp3) is 0.417. The van der Waals surface area contributed by atoms with E-state index in [4.69, 9.17) is 0 Å². The topological polar surface area (TPSA) is 43.9 Å². The fourth-order valence-corrected chi connectivity index (χ4v) is 3.58. The van der Waals surface area contributed by atoms with Crippen molar-refractivity contribution in [1.82, 2.24) is 4.90 Å². The Kier molecular flexibility index (Phi) is 6.91. The van der Waals surface area contributed by atoms with Crippen LogP contribution in [0, 0.1) is 0 Å². The molecule has 0 radical (unpaired) electrons. The molecule has 2 aromatic rings. The molecule has 0 aliphatic carbocycles. The monoisotopic (exact) mass is 393 g/mol. The molecule has 3 rings (SSSR count). The Morgan fingerprint density at radius 1 is 1.03 bits per heavy atom. The molecule has 29 heavy (non-hydrogen) atoms. The molecule has 1 aliphatic heterocycles. The molecule has 2 aromatic carbocycles. The summed E-state index contributed by atoms with van der Waals surface area (Å²) in [6, 6.07) is 17.7. The average Bonchev–Trinajstić information content (AvgIpc) is 3.09. The largest absolute Gasteiger partial charge is 0.325 e. The summed E-state index contributed by atoms with van der Waals surface area (Å²) >= 11 is 0. The van der Waals surface area contributed by atoms with Gasteiger partial charge < -0.3 is 9.80 Å². The minimum atomic E-state index is -0.0980. The minimum absolute atomic E-state index is 0.0324. The van der Waals surface area contributed by atoms with E-state index >= 15 is 0 Å². The van der Waals surface area contributed by atoms with Gasteiger partial charge in [-0.3, -0.25) is 9.69 Å². The van der Waals surface area contributed by atoms with Gasteiger partial charge in [-0.25, -0.2) is 4.79 Å². The summed E-state index contributed by atoms with van der Waals surface area (Å²) in [4.78, 5) is 31.2. The van der Waals surface area contributed by atoms with Crippen LogP contribution in [0.25, 0.3) is 0 Å². The molecule has 0 saturated carbocycles. The van der Waals surface area contributed by atoms with E-state index in [1.807, 2.05) is 42.5 Å². The van der Waals surface area contributed by atoms with Crippen LogP contribution >= 0.6 is 0 Å². The fourth-order valence-electron chi connectivity index (χ4n) is 3.58. The van der Waals surface area contributed by atoms with Crippen molar-refractivity contribution in [3.05, 3.63) is 60.2 Å². The highest BCUT2D eigenvalue weighted by atomic mass is 16.2. The first kappa shape index (κ1) is 20.9. The van der Waals surface area contributed by atoms with Gasteiger partial charge in [-0.1, -0.05) is 57.5 Å². The number of para-hydroxylation sites is 1. The molecule has 0 aromatic heterocycles. The van der Waals surface area contributed by atoms with E-state index in [1.165, 1.54) is 5.56 Å². The predicted molar refractivity (Wildman–Crippen MR) is 119 cm³/mol. The second-order valence-corrected chi connectivity index (χ2v) is 7.84. The minimum Gasteiger partial charge on any atom is -0.313 e. The molecule has 1 saturated heterocycles. The highest BCUT2D eigenvalue weighted by molar-refractivity contribution is 6.00. The van der Waals surface area contributed by atoms with Gasteiger partial charge in [-0.2, -0.15) is 0 Å². The molecule has 0 N–H and O–H groups in total. The summed E-state index contributed by atoms with van der Waals surface area (Å²) in [5.74, 6) is 0.426. The molecule has 1 aliphatic rings. The van der Waals surface area contributed by atoms with Crippen LogP contribution in [-0.4, -0.2) is 43.0 Å². The number of amides is 3. The van der Waals surface area contributed by atoms with E-state index in [-0.39, 0.29) is 18.5 Å². The van der Waals surface area contributed by atoms with Gasteiger partial charge in [0.2, 0.25) is 5.91 Å². The molecule has 154 valence electrons. The van der Waals surface area contributed by atoms with Crippen molar-refractivity contribution in [1.29, 1.82) is 0 Å². The second-order valence-electron chi connectivity index (χ2n) is 7.84. The summed E-state index contributed by atoms with van der Waals surface area (Å²) in [6.07, 6.45) is 1.95. The number of carbonyl (C=O) groups is 2. The summed E-state index contributed by atoms with van der Waals surface area (Å²) < 4.78 is 0. The maximum Gasteiger partial charge on any atom is 0.325 e. The first-order valence-corrected chi connectivity index (χ1v) is 10.5. The highest BCUT2D eigenvalue weighted by Crippen LogP contribution is 2.24. The standard InChI is InChI=1S/C24H31N3O2/c1-4-5-15-26(21-9-7-6-8-10-21)23(28)18-25-16-17-27(24(25)29)22-13-11-20(12-14-22)19(2)3/h6-14,19H,4-5,15-18H2,1-3H3. The van der Waals surface area contributed by atoms with Crippen LogP contribution in [0.4, 0.5) is 16.2 Å². The Labute approximate surface area is 173 Å². The van der Waals surface area contributed by atoms with Crippen molar-refractivity contribution >= 4 is 23.3 Å². The molecule has 0 unspecified atom stereocenters. The zero-order valence-electron chi connectivity index (χ0n) is 17.7. The van der Waals surface area contributed by atoms with Crippen molar-refractivity contribution in [2.24, 2.45) is 0 Å². The maximum atomic E-state index is 13.0. The second kappa shape index (κ2) is 9.59. The number of urea groups is 1. The number of nitrogens with zero attached hydrogens (tertiary/aromatic N) is 3. The first-order valence-electron chi connectivity index (χ1n) is 10.5. The van der Waals surface area contributed by atoms with Gasteiger partial charge in [0, 0.05) is 31.0 Å². The number of hydrogen-bond donors (Lipinski definition) is 0. The maximum absolute atomic E-state index is 13.0. The lowest BCUT2D eigenvalue weighted by Crippen LogP contribution is -2.42. The Morgan fingerprint density at radius 2 is 1.72 bits per heavy atom. The highest BCUT2D eigenvalue weighted by Gasteiger charge is 2.32. The molecule has 5 heteroatoms. The van der Waals surface area contributed by atoms with Crippen LogP contribution in [0.5, 0.6) is 0 Å². The number of anilines is 2. The van der Waals surface area contributed by atoms with Crippen LogP contribution in [0.3, 0.4) is 0 Å². The zero-order chi connectivity index (χ0) is 20.8. The van der Waals surface area contributed by atoms with E-state index in [0.29, 0.717) is 25.6 Å². The van der Waals surface area contributed by atoms with Gasteiger partial charge in [-0.15, -0.1) is 0 Å². The number of hydrogen-bond acceptors (Lipinski definition) is 2. The van der Waals surface area contributed by atoms with Gasteiger partial charge >= 0.3 is 6.03 Å². The van der Waals surface area contributed by atoms with E-state index < -0.39 is 0 Å². The SMILES string of the molecule is CCCCN(C(=O)CN1CCN(c2ccc(C(C)C)cc2)C1=O)c1ccccc1. The molecule has 1 fully saturated rings. The van der Waals surface area contributed by atoms with E-state index in [2.05, 4.69) is 32.9 Å². The van der Waals surface area contributed by atoms with E-state index in [9.17, 15) is 9.59 Å². The normalized spacial score (nSPS) is 14.0. The lowest BCUT2D eigenvalue weighted by atomic mass is 10.0. The summed E-state index contributed by atoms with van der Waals surface area (Å²) in [5, 5.41) is 0. The number of carbonyl (C=O) groups excluding carboxylic acids is 2. The van der Waals surface area contributed by atoms with Crippen molar-refractivity contribution in [3.63, 3.8) is 0 Å². The first-order chi connectivity index (χ1) is 14.0. The summed E-state index contributed by atoms with van der Waals surface area (Å²) in [6.45, 7) is 8.36. The third-order valence-electron chi connectivity index (χ3n) is 5.40. The molecule has 0 bridgehead atoms. The molecular weight excluding hydrogens is 362 g/mol. The van der Waals surface area contributed by atoms with Gasteiger partial charge in [0.15, 0.2) is 0 Å². The molecule has 0 spiro atoms. The van der Waals surface area contributed by atoms with Gasteiger partial charge in [-0.05, 0) is 42.2 Å². The number of unbranched alkanes of at least 4 members (excludes halogenated alkanes) is 1. The van der Waals surface area contributed by atoms with Crippen LogP contribution in [-0.2, 0) is 4.79 Å². The molecule has 0 atom stereocenters. The number of benzene rings is 2. The Bertz CT molecular complexity index is 818. The Balaban J connectivity index is 1.67. The van der Waals surface area contributed by atoms with Crippen molar-refractivity contribution in [3.8, 4) is 0 Å². The van der Waals surface area contributed by atoms with Crippen LogP contribution < -0.4 is 9.80 Å². The van der Waals surface area contributed by atoms with Crippen molar-refractivity contribution < 1.29 is 9.59 Å². The Hall–Kier alpha value is -2.82. The summed E-state index contributed by atoms with van der Waals surface area (Å²) in [5.41, 5.74) is 3.03. The van der Waals surface area contributed by atoms with E-state index in [1.54, 1.807) is 14.7 Å². The third-order valence-corrected chi connectivity index (χ3v) is 5.40. The van der Waals surface area contributed by atoms with Crippen LogP contribution in [0.1, 0.15) is 45.1 Å². The molecule has 3 amide bonds. The number of rotatable bonds is 8. The quantitative estimate of drug-likeness (QED) is 0.641. The summed E-state index contributed by atoms with van der Waals surface area (Å²) in [7, 11) is 0. The van der Waals surface area contributed by atoms with Gasteiger partial charge in [0.1, 0.15) is 6.54 Å². The molecule has 1 heterocycles. The Morgan fingerprint density at radius 3 is 2.34 bits per heavy atom. The van der Waals surface area contributed by atoms with Gasteiger partial charge in [0.05, 0.1) is 0 Å². The average molecular weight is 394 g/mol. The molecular formula is C24H31N3O2. The predicted octanol–water partition coefficient (Wildman–Crippen LogP) is 4.89. The lowest BCUT2D eigenvalue weighted by Gasteiger charge is -2.25. The van der Waals surface area contributed by atoms with Crippen molar-refractivity contribution in [2.45, 2.75) is 39.5 Å². The third kappa shape index (κ3) is 4.97. The van der Waals surface area contributed by atoms with Crippen molar-refractivity contribution in [2.75, 3.05) is 36.0 Å². The molecule has 5 nitrogen and oxygen atoms in total. The van der Waals surface area contributed by atoms with Crippen LogP contribution in [0.2, 0.25) is 0 Å². The van der Waals surface area contributed by atoms with Gasteiger partial charge in [0.25, 0.3) is 0 Å². The lowest BCUT2D eigenvalue weighted by molar-refractivity contribution is -0.119. The van der Waals surface area contributed by atoms with Crippen LogP contribution in [0.15, 0.2) is 54.6 Å². The van der Waals surface area contributed by atoms with E-state index in [0.717, 1.165) is 24.2 Å². The zero-order valence-corrected chi connectivity index (χ0v) is 17.7. The smallest absolute Gasteiger partial charge is 0.313 e.